The Bertz CT molecular complexity index is 408. The van der Waals surface area contributed by atoms with Crippen LogP contribution < -0.4 is 0 Å². The van der Waals surface area contributed by atoms with Gasteiger partial charge >= 0.3 is 0 Å². The maximum atomic E-state index is 4.40. The molecule has 0 bridgehead atoms. The fourth-order valence-electron chi connectivity index (χ4n) is 1.45. The highest BCUT2D eigenvalue weighted by Gasteiger charge is 2.02. The second-order valence-electron chi connectivity index (χ2n) is 3.49. The number of hydrogen-bond donors (Lipinski definition) is 1. The normalized spacial score (nSPS) is 10.5. The van der Waals surface area contributed by atoms with Gasteiger partial charge < -0.3 is 0 Å². The lowest BCUT2D eigenvalue weighted by Gasteiger charge is -1.94. The van der Waals surface area contributed by atoms with Gasteiger partial charge in [0.2, 0.25) is 0 Å². The zero-order chi connectivity index (χ0) is 10.5. The van der Waals surface area contributed by atoms with Crippen molar-refractivity contribution in [1.82, 2.24) is 20.2 Å². The van der Waals surface area contributed by atoms with Gasteiger partial charge in [-0.2, -0.15) is 5.10 Å². The van der Waals surface area contributed by atoms with E-state index in [1.807, 2.05) is 18.3 Å². The SMILES string of the molecule is CCCc1n[nH]c(Cc2cccnc2)n1. The van der Waals surface area contributed by atoms with Crippen LogP contribution in [0.15, 0.2) is 24.5 Å². The Kier molecular flexibility index (Phi) is 3.07. The molecule has 0 atom stereocenters. The topological polar surface area (TPSA) is 54.5 Å². The lowest BCUT2D eigenvalue weighted by atomic mass is 10.2. The molecule has 0 saturated heterocycles. The molecule has 1 N–H and O–H groups in total. The number of aromatic amines is 1. The average Bonchev–Trinajstić information content (AvgIpc) is 2.68. The molecular weight excluding hydrogens is 188 g/mol. The molecule has 2 heterocycles. The van der Waals surface area contributed by atoms with Gasteiger partial charge in [0.05, 0.1) is 0 Å². The third-order valence-electron chi connectivity index (χ3n) is 2.15. The van der Waals surface area contributed by atoms with E-state index in [2.05, 4.69) is 27.1 Å². The van der Waals surface area contributed by atoms with Gasteiger partial charge in [0.1, 0.15) is 5.82 Å². The summed E-state index contributed by atoms with van der Waals surface area (Å²) in [5, 5.41) is 7.10. The fourth-order valence-corrected chi connectivity index (χ4v) is 1.45. The Morgan fingerprint density at radius 2 is 2.33 bits per heavy atom. The molecule has 4 nitrogen and oxygen atoms in total. The Hall–Kier alpha value is -1.71. The number of rotatable bonds is 4. The Morgan fingerprint density at radius 3 is 3.07 bits per heavy atom. The van der Waals surface area contributed by atoms with Crippen LogP contribution in [0.1, 0.15) is 30.6 Å². The molecule has 4 heteroatoms. The summed E-state index contributed by atoms with van der Waals surface area (Å²) in [5.41, 5.74) is 1.15. The van der Waals surface area contributed by atoms with Crippen LogP contribution in [0.25, 0.3) is 0 Å². The smallest absolute Gasteiger partial charge is 0.150 e. The first-order valence-electron chi connectivity index (χ1n) is 5.17. The molecule has 0 fully saturated rings. The molecule has 0 aromatic carbocycles. The van der Waals surface area contributed by atoms with Crippen LogP contribution in [0.4, 0.5) is 0 Å². The monoisotopic (exact) mass is 202 g/mol. The van der Waals surface area contributed by atoms with Crippen LogP contribution in [0.5, 0.6) is 0 Å². The second kappa shape index (κ2) is 4.68. The Labute approximate surface area is 88.8 Å². The summed E-state index contributed by atoms with van der Waals surface area (Å²) in [5.74, 6) is 1.81. The number of aryl methyl sites for hydroxylation is 1. The first-order valence-corrected chi connectivity index (χ1v) is 5.17. The third-order valence-corrected chi connectivity index (χ3v) is 2.15. The molecule has 0 aliphatic rings. The predicted octanol–water partition coefficient (Wildman–Crippen LogP) is 1.74. The minimum absolute atomic E-state index is 0.768. The zero-order valence-electron chi connectivity index (χ0n) is 8.77. The molecule has 0 radical (unpaired) electrons. The van der Waals surface area contributed by atoms with Crippen molar-refractivity contribution >= 4 is 0 Å². The summed E-state index contributed by atoms with van der Waals surface area (Å²) in [6.07, 6.45) is 6.40. The maximum Gasteiger partial charge on any atom is 0.150 e. The Morgan fingerprint density at radius 1 is 1.40 bits per heavy atom. The summed E-state index contributed by atoms with van der Waals surface area (Å²) < 4.78 is 0. The van der Waals surface area contributed by atoms with Crippen LogP contribution in [0.3, 0.4) is 0 Å². The van der Waals surface area contributed by atoms with Crippen molar-refractivity contribution in [2.24, 2.45) is 0 Å². The molecule has 78 valence electrons. The number of nitrogens with one attached hydrogen (secondary N) is 1. The van der Waals surface area contributed by atoms with Crippen LogP contribution in [-0.2, 0) is 12.8 Å². The molecular formula is C11H14N4. The summed E-state index contributed by atoms with van der Waals surface area (Å²) >= 11 is 0. The fraction of sp³-hybridized carbons (Fsp3) is 0.364. The van der Waals surface area contributed by atoms with E-state index in [0.29, 0.717) is 0 Å². The second-order valence-corrected chi connectivity index (χ2v) is 3.49. The predicted molar refractivity (Wildman–Crippen MR) is 57.4 cm³/mol. The highest BCUT2D eigenvalue weighted by molar-refractivity contribution is 5.13. The molecule has 2 aromatic rings. The van der Waals surface area contributed by atoms with E-state index in [4.69, 9.17) is 0 Å². The lowest BCUT2D eigenvalue weighted by Crippen LogP contribution is -1.91. The van der Waals surface area contributed by atoms with E-state index < -0.39 is 0 Å². The molecule has 2 rings (SSSR count). The summed E-state index contributed by atoms with van der Waals surface area (Å²) in [4.78, 5) is 8.46. The molecule has 0 unspecified atom stereocenters. The average molecular weight is 202 g/mol. The van der Waals surface area contributed by atoms with Gasteiger partial charge in [-0.25, -0.2) is 4.98 Å². The van der Waals surface area contributed by atoms with Gasteiger partial charge in [0, 0.05) is 25.2 Å². The molecule has 15 heavy (non-hydrogen) atoms. The van der Waals surface area contributed by atoms with Crippen molar-refractivity contribution in [1.29, 1.82) is 0 Å². The molecule has 0 aliphatic heterocycles. The number of nitrogens with zero attached hydrogens (tertiary/aromatic N) is 3. The van der Waals surface area contributed by atoms with E-state index in [1.54, 1.807) is 6.20 Å². The highest BCUT2D eigenvalue weighted by Crippen LogP contribution is 2.04. The van der Waals surface area contributed by atoms with Gasteiger partial charge in [-0.15, -0.1) is 0 Å². The van der Waals surface area contributed by atoms with Gasteiger partial charge in [-0.05, 0) is 18.1 Å². The van der Waals surface area contributed by atoms with Crippen molar-refractivity contribution in [3.63, 3.8) is 0 Å². The number of aromatic nitrogens is 4. The third kappa shape index (κ3) is 2.62. The molecule has 0 amide bonds. The Balaban J connectivity index is 2.05. The quantitative estimate of drug-likeness (QED) is 0.821. The summed E-state index contributed by atoms with van der Waals surface area (Å²) in [6.45, 7) is 2.12. The van der Waals surface area contributed by atoms with E-state index in [0.717, 1.165) is 36.5 Å². The highest BCUT2D eigenvalue weighted by atomic mass is 15.2. The maximum absolute atomic E-state index is 4.40. The number of H-pyrrole nitrogens is 1. The molecule has 0 saturated carbocycles. The van der Waals surface area contributed by atoms with Crippen LogP contribution in [0.2, 0.25) is 0 Å². The first kappa shape index (κ1) is 9.83. The molecule has 2 aromatic heterocycles. The largest absolute Gasteiger partial charge is 0.264 e. The van der Waals surface area contributed by atoms with Crippen LogP contribution >= 0.6 is 0 Å². The van der Waals surface area contributed by atoms with Gasteiger partial charge in [0.25, 0.3) is 0 Å². The van der Waals surface area contributed by atoms with Gasteiger partial charge in [-0.3, -0.25) is 10.1 Å². The number of pyridine rings is 1. The molecule has 0 spiro atoms. The summed E-state index contributed by atoms with van der Waals surface area (Å²) in [7, 11) is 0. The van der Waals surface area contributed by atoms with Crippen molar-refractivity contribution in [2.75, 3.05) is 0 Å². The minimum atomic E-state index is 0.768. The molecule has 0 aliphatic carbocycles. The van der Waals surface area contributed by atoms with Gasteiger partial charge in [-0.1, -0.05) is 13.0 Å². The number of hydrogen-bond acceptors (Lipinski definition) is 3. The van der Waals surface area contributed by atoms with Crippen molar-refractivity contribution in [3.05, 3.63) is 41.7 Å². The van der Waals surface area contributed by atoms with Crippen LogP contribution in [0, 0.1) is 0 Å². The van der Waals surface area contributed by atoms with Crippen LogP contribution in [-0.4, -0.2) is 20.2 Å². The zero-order valence-corrected chi connectivity index (χ0v) is 8.77. The standard InChI is InChI=1S/C11H14N4/c1-2-4-10-13-11(15-14-10)7-9-5-3-6-12-8-9/h3,5-6,8H,2,4,7H2,1H3,(H,13,14,15). The van der Waals surface area contributed by atoms with E-state index in [-0.39, 0.29) is 0 Å². The van der Waals surface area contributed by atoms with Gasteiger partial charge in [0.15, 0.2) is 5.82 Å². The minimum Gasteiger partial charge on any atom is -0.264 e. The van der Waals surface area contributed by atoms with Crippen molar-refractivity contribution in [2.45, 2.75) is 26.2 Å². The van der Waals surface area contributed by atoms with E-state index in [9.17, 15) is 0 Å². The van der Waals surface area contributed by atoms with Crippen molar-refractivity contribution < 1.29 is 0 Å². The lowest BCUT2D eigenvalue weighted by molar-refractivity contribution is 0.841. The summed E-state index contributed by atoms with van der Waals surface area (Å²) in [6, 6.07) is 3.97. The van der Waals surface area contributed by atoms with E-state index in [1.165, 1.54) is 0 Å². The van der Waals surface area contributed by atoms with E-state index >= 15 is 0 Å². The van der Waals surface area contributed by atoms with Crippen molar-refractivity contribution in [3.8, 4) is 0 Å². The first-order chi connectivity index (χ1) is 7.38.